The normalized spacial score (nSPS) is 21.2. The van der Waals surface area contributed by atoms with Gasteiger partial charge in [-0.3, -0.25) is 9.59 Å². The fourth-order valence-electron chi connectivity index (χ4n) is 4.21. The van der Waals surface area contributed by atoms with E-state index < -0.39 is 28.1 Å². The molecule has 1 aromatic rings. The fourth-order valence-corrected chi connectivity index (χ4v) is 5.41. The van der Waals surface area contributed by atoms with Crippen molar-refractivity contribution in [1.82, 2.24) is 14.5 Å². The first-order chi connectivity index (χ1) is 14.6. The molecule has 9 nitrogen and oxygen atoms in total. The van der Waals surface area contributed by atoms with Gasteiger partial charge in [0, 0.05) is 25.6 Å². The number of carboxylic acids is 1. The van der Waals surface area contributed by atoms with Crippen molar-refractivity contribution in [2.75, 3.05) is 19.6 Å². The number of carbonyl (C=O) groups excluding carboxylic acids is 2. The number of aliphatic carboxylic acids is 1. The highest BCUT2D eigenvalue weighted by Gasteiger charge is 2.39. The van der Waals surface area contributed by atoms with Gasteiger partial charge >= 0.3 is 5.97 Å². The van der Waals surface area contributed by atoms with E-state index >= 15 is 0 Å². The minimum atomic E-state index is -3.82. The van der Waals surface area contributed by atoms with Crippen LogP contribution in [0.4, 0.5) is 0 Å². The molecule has 0 aromatic heterocycles. The summed E-state index contributed by atoms with van der Waals surface area (Å²) in [5.74, 6) is -1.80. The van der Waals surface area contributed by atoms with Crippen LogP contribution in [0.25, 0.3) is 0 Å². The lowest BCUT2D eigenvalue weighted by Gasteiger charge is -2.35. The topological polar surface area (TPSA) is 124 Å². The summed E-state index contributed by atoms with van der Waals surface area (Å²) in [5.41, 5.74) is 0.934. The molecule has 2 aliphatic heterocycles. The summed E-state index contributed by atoms with van der Waals surface area (Å²) in [5, 5.41) is 9.29. The molecule has 0 aliphatic carbocycles. The monoisotopic (exact) mass is 451 g/mol. The van der Waals surface area contributed by atoms with Crippen LogP contribution in [-0.2, 0) is 24.4 Å². The molecule has 2 heterocycles. The molecule has 2 aliphatic rings. The van der Waals surface area contributed by atoms with Crippen LogP contribution in [0.2, 0.25) is 0 Å². The second kappa shape index (κ2) is 9.35. The molecule has 2 N–H and O–H groups in total. The summed E-state index contributed by atoms with van der Waals surface area (Å²) in [4.78, 5) is 40.0. The minimum absolute atomic E-state index is 0.0978. The van der Waals surface area contributed by atoms with E-state index in [0.29, 0.717) is 45.3 Å². The van der Waals surface area contributed by atoms with Gasteiger partial charge in [0.1, 0.15) is 6.04 Å². The van der Waals surface area contributed by atoms with Gasteiger partial charge in [-0.15, -0.1) is 0 Å². The number of hydrogen-bond donors (Lipinski definition) is 2. The molecule has 2 atom stereocenters. The average molecular weight is 452 g/mol. The van der Waals surface area contributed by atoms with Crippen molar-refractivity contribution < 1.29 is 27.9 Å². The van der Waals surface area contributed by atoms with Crippen molar-refractivity contribution in [3.8, 4) is 0 Å². The van der Waals surface area contributed by atoms with E-state index in [-0.39, 0.29) is 22.6 Å². The molecule has 0 bridgehead atoms. The number of nitrogens with one attached hydrogen (secondary N) is 1. The van der Waals surface area contributed by atoms with Crippen LogP contribution in [-0.4, -0.2) is 72.8 Å². The maximum absolute atomic E-state index is 12.8. The van der Waals surface area contributed by atoms with Crippen LogP contribution in [0.3, 0.4) is 0 Å². The number of amides is 2. The highest BCUT2D eigenvalue weighted by Crippen LogP contribution is 2.26. The lowest BCUT2D eigenvalue weighted by Crippen LogP contribution is -2.51. The van der Waals surface area contributed by atoms with Crippen molar-refractivity contribution in [1.29, 1.82) is 0 Å². The van der Waals surface area contributed by atoms with Gasteiger partial charge in [-0.1, -0.05) is 17.7 Å². The minimum Gasteiger partial charge on any atom is -0.480 e. The van der Waals surface area contributed by atoms with E-state index in [1.54, 1.807) is 17.0 Å². The van der Waals surface area contributed by atoms with Crippen LogP contribution in [0.15, 0.2) is 29.2 Å². The van der Waals surface area contributed by atoms with Crippen LogP contribution in [0.5, 0.6) is 0 Å². The van der Waals surface area contributed by atoms with Gasteiger partial charge < -0.3 is 14.9 Å². The standard InChI is InChI=1S/C21H29N3O6S/c1-14-5-7-17(8-6-14)31(29,30)22-15(2)19(25)23-12-9-16(10-13-23)20(26)24-11-3-4-18(24)21(27)28/h5-8,15-16,18,22H,3-4,9-13H2,1-2H3,(H,27,28)/t15-,18+/m1/s1. The largest absolute Gasteiger partial charge is 0.480 e. The van der Waals surface area contributed by atoms with E-state index in [1.807, 2.05) is 6.92 Å². The second-order valence-electron chi connectivity index (χ2n) is 8.28. The Morgan fingerprint density at radius 3 is 2.26 bits per heavy atom. The summed E-state index contributed by atoms with van der Waals surface area (Å²) in [6, 6.07) is 4.68. The number of likely N-dealkylation sites (tertiary alicyclic amines) is 2. The number of hydrogen-bond acceptors (Lipinski definition) is 5. The first kappa shape index (κ1) is 23.2. The number of nitrogens with zero attached hydrogens (tertiary/aromatic N) is 2. The van der Waals surface area contributed by atoms with Crippen molar-refractivity contribution in [3.63, 3.8) is 0 Å². The van der Waals surface area contributed by atoms with E-state index in [1.165, 1.54) is 24.0 Å². The van der Waals surface area contributed by atoms with Crippen LogP contribution < -0.4 is 4.72 Å². The Morgan fingerprint density at radius 2 is 1.68 bits per heavy atom. The SMILES string of the molecule is Cc1ccc(S(=O)(=O)N[C@H](C)C(=O)N2CCC(C(=O)N3CCC[C@H]3C(=O)O)CC2)cc1. The number of aryl methyl sites for hydroxylation is 1. The first-order valence-electron chi connectivity index (χ1n) is 10.5. The lowest BCUT2D eigenvalue weighted by atomic mass is 9.94. The van der Waals surface area contributed by atoms with E-state index in [0.717, 1.165) is 5.56 Å². The highest BCUT2D eigenvalue weighted by atomic mass is 32.2. The molecule has 31 heavy (non-hydrogen) atoms. The van der Waals surface area contributed by atoms with Crippen molar-refractivity contribution in [3.05, 3.63) is 29.8 Å². The fraction of sp³-hybridized carbons (Fsp3) is 0.571. The molecule has 1 aromatic carbocycles. The van der Waals surface area contributed by atoms with Gasteiger partial charge in [-0.2, -0.15) is 4.72 Å². The number of carbonyl (C=O) groups is 3. The Morgan fingerprint density at radius 1 is 1.06 bits per heavy atom. The predicted octanol–water partition coefficient (Wildman–Crippen LogP) is 0.976. The maximum atomic E-state index is 12.8. The van der Waals surface area contributed by atoms with Gasteiger partial charge in [0.2, 0.25) is 21.8 Å². The van der Waals surface area contributed by atoms with E-state index in [2.05, 4.69) is 4.72 Å². The Bertz CT molecular complexity index is 938. The zero-order valence-electron chi connectivity index (χ0n) is 17.8. The summed E-state index contributed by atoms with van der Waals surface area (Å²) in [6.45, 7) is 4.48. The Kier molecular flexibility index (Phi) is 7.00. The van der Waals surface area contributed by atoms with Crippen LogP contribution >= 0.6 is 0 Å². The molecule has 3 rings (SSSR count). The number of piperidine rings is 1. The van der Waals surface area contributed by atoms with Crippen molar-refractivity contribution in [2.24, 2.45) is 5.92 Å². The molecule has 2 fully saturated rings. The molecule has 10 heteroatoms. The Balaban J connectivity index is 1.55. The van der Waals surface area contributed by atoms with Gasteiger partial charge in [-0.05, 0) is 51.7 Å². The van der Waals surface area contributed by atoms with Crippen molar-refractivity contribution in [2.45, 2.75) is 56.5 Å². The molecular formula is C21H29N3O6S. The van der Waals surface area contributed by atoms with Gasteiger partial charge in [0.25, 0.3) is 0 Å². The van der Waals surface area contributed by atoms with Gasteiger partial charge in [0.15, 0.2) is 0 Å². The van der Waals surface area contributed by atoms with E-state index in [9.17, 15) is 27.9 Å². The Labute approximate surface area is 182 Å². The number of sulfonamides is 1. The third-order valence-electron chi connectivity index (χ3n) is 6.01. The molecule has 2 saturated heterocycles. The number of benzene rings is 1. The Hall–Kier alpha value is -2.46. The quantitative estimate of drug-likeness (QED) is 0.664. The van der Waals surface area contributed by atoms with Gasteiger partial charge in [-0.25, -0.2) is 13.2 Å². The van der Waals surface area contributed by atoms with Crippen LogP contribution in [0, 0.1) is 12.8 Å². The van der Waals surface area contributed by atoms with Gasteiger partial charge in [0.05, 0.1) is 10.9 Å². The van der Waals surface area contributed by atoms with Crippen LogP contribution in [0.1, 0.15) is 38.2 Å². The summed E-state index contributed by atoms with van der Waals surface area (Å²) in [6.07, 6.45) is 2.02. The zero-order valence-corrected chi connectivity index (χ0v) is 18.6. The summed E-state index contributed by atoms with van der Waals surface area (Å²) < 4.78 is 27.5. The number of carboxylic acid groups (broad SMARTS) is 1. The molecular weight excluding hydrogens is 422 g/mol. The third-order valence-corrected chi connectivity index (χ3v) is 7.57. The first-order valence-corrected chi connectivity index (χ1v) is 12.0. The van der Waals surface area contributed by atoms with E-state index in [4.69, 9.17) is 0 Å². The lowest BCUT2D eigenvalue weighted by molar-refractivity contribution is -0.151. The highest BCUT2D eigenvalue weighted by molar-refractivity contribution is 7.89. The smallest absolute Gasteiger partial charge is 0.326 e. The molecule has 170 valence electrons. The molecule has 0 unspecified atom stereocenters. The predicted molar refractivity (Wildman–Crippen MR) is 113 cm³/mol. The van der Waals surface area contributed by atoms with Crippen molar-refractivity contribution >= 4 is 27.8 Å². The summed E-state index contributed by atoms with van der Waals surface area (Å²) >= 11 is 0. The molecule has 0 radical (unpaired) electrons. The average Bonchev–Trinajstić information content (AvgIpc) is 3.23. The molecule has 0 saturated carbocycles. The maximum Gasteiger partial charge on any atom is 0.326 e. The molecule has 2 amide bonds. The third kappa shape index (κ3) is 5.24. The zero-order chi connectivity index (χ0) is 22.8. The summed E-state index contributed by atoms with van der Waals surface area (Å²) in [7, 11) is -3.82. The number of rotatable bonds is 6. The molecule has 0 spiro atoms. The second-order valence-corrected chi connectivity index (χ2v) is 10.00.